The average molecular weight is 558 g/mol. The first-order valence-corrected chi connectivity index (χ1v) is 14.8. The van der Waals surface area contributed by atoms with E-state index in [9.17, 15) is 4.79 Å². The third-order valence-corrected chi connectivity index (χ3v) is 11.8. The maximum absolute atomic E-state index is 13.8. The highest BCUT2D eigenvalue weighted by molar-refractivity contribution is 9.10. The summed E-state index contributed by atoms with van der Waals surface area (Å²) in [7, 11) is 1.88. The lowest BCUT2D eigenvalue weighted by Crippen LogP contribution is -2.69. The number of Topliss-reactive ketones (excluding diaryl/α,β-unsaturated/α-hetero) is 1. The van der Waals surface area contributed by atoms with Crippen LogP contribution in [0.15, 0.2) is 22.9 Å². The molecule has 8 atom stereocenters. The van der Waals surface area contributed by atoms with Gasteiger partial charge in [-0.25, -0.2) is 0 Å². The molecule has 2 N–H and O–H groups in total. The lowest BCUT2D eigenvalue weighted by atomic mass is 9.41. The monoisotopic (exact) mass is 556 g/mol. The smallest absolute Gasteiger partial charge is 0.157 e. The van der Waals surface area contributed by atoms with Crippen LogP contribution in [0, 0.1) is 40.4 Å². The molecule has 2 aromatic rings. The van der Waals surface area contributed by atoms with Crippen LogP contribution in [-0.2, 0) is 16.1 Å². The van der Waals surface area contributed by atoms with Gasteiger partial charge in [-0.2, -0.15) is 5.10 Å². The van der Waals surface area contributed by atoms with Gasteiger partial charge in [0.15, 0.2) is 5.78 Å². The Morgan fingerprint density at radius 3 is 2.81 bits per heavy atom. The normalized spacial score (nSPS) is 42.1. The van der Waals surface area contributed by atoms with E-state index >= 15 is 0 Å². The maximum Gasteiger partial charge on any atom is 0.157 e. The third-order valence-electron chi connectivity index (χ3n) is 11.4. The predicted octanol–water partition coefficient (Wildman–Crippen LogP) is 5.77. The van der Waals surface area contributed by atoms with Gasteiger partial charge in [0, 0.05) is 34.7 Å². The van der Waals surface area contributed by atoms with Crippen LogP contribution in [0.1, 0.15) is 71.6 Å². The molecule has 4 aliphatic rings. The number of carbonyl (C=O) groups excluding carboxylic acids is 1. The second-order valence-corrected chi connectivity index (χ2v) is 13.9. The Morgan fingerprint density at radius 1 is 1.17 bits per heavy atom. The van der Waals surface area contributed by atoms with Crippen molar-refractivity contribution in [3.8, 4) is 0 Å². The van der Waals surface area contributed by atoms with Crippen molar-refractivity contribution in [1.29, 1.82) is 0 Å². The number of nitrogens with zero attached hydrogens (tertiary/aromatic N) is 3. The highest BCUT2D eigenvalue weighted by atomic mass is 79.9. The topological polar surface area (TPSA) is 83.0 Å². The van der Waals surface area contributed by atoms with Gasteiger partial charge in [-0.3, -0.25) is 14.5 Å². The Balaban J connectivity index is 1.27. The fourth-order valence-corrected chi connectivity index (χ4v) is 10.2. The number of carbonyl (C=O) groups is 1. The summed E-state index contributed by atoms with van der Waals surface area (Å²) >= 11 is 3.51. The largest absolute Gasteiger partial charge is 0.384 e. The molecule has 3 unspecified atom stereocenters. The maximum atomic E-state index is 13.8. The Labute approximate surface area is 223 Å². The van der Waals surface area contributed by atoms with Crippen LogP contribution in [0.25, 0.3) is 11.0 Å². The van der Waals surface area contributed by atoms with Crippen molar-refractivity contribution in [2.45, 2.75) is 83.7 Å². The van der Waals surface area contributed by atoms with E-state index in [0.29, 0.717) is 24.2 Å². The number of aromatic nitrogens is 3. The van der Waals surface area contributed by atoms with Crippen molar-refractivity contribution >= 4 is 32.7 Å². The van der Waals surface area contributed by atoms with E-state index in [0.717, 1.165) is 66.1 Å². The zero-order valence-corrected chi connectivity index (χ0v) is 23.6. The fraction of sp³-hybridized carbons (Fsp3) is 0.759. The molecule has 7 heteroatoms. The summed E-state index contributed by atoms with van der Waals surface area (Å²) in [5.41, 5.74) is 9.30. The van der Waals surface area contributed by atoms with Gasteiger partial charge in [0.05, 0.1) is 18.3 Å². The summed E-state index contributed by atoms with van der Waals surface area (Å²) in [5, 5.41) is 4.51. The van der Waals surface area contributed by atoms with Crippen molar-refractivity contribution < 1.29 is 9.53 Å². The highest BCUT2D eigenvalue weighted by Crippen LogP contribution is 2.68. The zero-order valence-electron chi connectivity index (χ0n) is 22.0. The third kappa shape index (κ3) is 3.59. The number of ketones is 1. The number of halogens is 1. The van der Waals surface area contributed by atoms with Crippen molar-refractivity contribution in [3.05, 3.63) is 22.9 Å². The molecule has 36 heavy (non-hydrogen) atoms. The van der Waals surface area contributed by atoms with Crippen molar-refractivity contribution in [2.24, 2.45) is 46.2 Å². The molecule has 0 spiro atoms. The van der Waals surface area contributed by atoms with Gasteiger partial charge in [-0.05, 0) is 102 Å². The molecular formula is C29H41BrN4O2. The molecule has 0 bridgehead atoms. The Kier molecular flexibility index (Phi) is 6.16. The minimum atomic E-state index is -0.190. The quantitative estimate of drug-likeness (QED) is 0.505. The molecule has 6 nitrogen and oxygen atoms in total. The number of nitrogens with two attached hydrogens (primary N) is 1. The first-order chi connectivity index (χ1) is 17.2. The van der Waals surface area contributed by atoms with Crippen LogP contribution in [0.2, 0.25) is 0 Å². The van der Waals surface area contributed by atoms with E-state index in [4.69, 9.17) is 10.5 Å². The first kappa shape index (κ1) is 25.0. The summed E-state index contributed by atoms with van der Waals surface area (Å²) in [4.78, 5) is 18.3. The van der Waals surface area contributed by atoms with E-state index in [2.05, 4.69) is 39.9 Å². The van der Waals surface area contributed by atoms with Gasteiger partial charge in [-0.1, -0.05) is 20.3 Å². The summed E-state index contributed by atoms with van der Waals surface area (Å²) in [6.07, 6.45) is 13.9. The van der Waals surface area contributed by atoms with Gasteiger partial charge in [-0.15, -0.1) is 0 Å². The van der Waals surface area contributed by atoms with E-state index in [-0.39, 0.29) is 22.3 Å². The molecule has 6 rings (SSSR count). The lowest BCUT2D eigenvalue weighted by molar-refractivity contribution is -0.164. The molecule has 4 aliphatic carbocycles. The Hall–Kier alpha value is -1.31. The number of pyridine rings is 1. The number of hydrogen-bond acceptors (Lipinski definition) is 5. The first-order valence-electron chi connectivity index (χ1n) is 14.0. The molecule has 2 aromatic heterocycles. The minimum Gasteiger partial charge on any atom is -0.384 e. The predicted molar refractivity (Wildman–Crippen MR) is 144 cm³/mol. The van der Waals surface area contributed by atoms with Crippen molar-refractivity contribution in [2.75, 3.05) is 13.7 Å². The number of hydrogen-bond donors (Lipinski definition) is 1. The number of methoxy groups -OCH3 is 1. The van der Waals surface area contributed by atoms with Crippen molar-refractivity contribution in [3.63, 3.8) is 0 Å². The molecule has 2 heterocycles. The van der Waals surface area contributed by atoms with Crippen LogP contribution < -0.4 is 5.73 Å². The van der Waals surface area contributed by atoms with Crippen LogP contribution in [0.5, 0.6) is 0 Å². The standard InChI is InChI=1S/C29H41BrN4O2/c1-18-6-10-28(17-36-3)19(12-18)7-11-29(31)25-5-4-21(27(25,2)9-8-26(28)29)24(35)16-34-23-13-20(30)14-32-22(23)15-33-34/h13-15,18-19,21,25-26H,4-12,16-17,31H2,1-3H3/t18-,19?,21+,25?,26?,27+,28+,29+/m0/s1. The minimum absolute atomic E-state index is 0.0345. The summed E-state index contributed by atoms with van der Waals surface area (Å²) in [6.45, 7) is 5.96. The lowest BCUT2D eigenvalue weighted by Gasteiger charge is -2.66. The molecule has 4 fully saturated rings. The summed E-state index contributed by atoms with van der Waals surface area (Å²) in [5.74, 6) is 2.79. The molecule has 0 saturated heterocycles. The van der Waals surface area contributed by atoms with Gasteiger partial charge in [0.25, 0.3) is 0 Å². The second-order valence-electron chi connectivity index (χ2n) is 13.0. The van der Waals surface area contributed by atoms with Crippen LogP contribution >= 0.6 is 15.9 Å². The van der Waals surface area contributed by atoms with E-state index in [1.54, 1.807) is 12.4 Å². The summed E-state index contributed by atoms with van der Waals surface area (Å²) in [6, 6.07) is 2.00. The second kappa shape index (κ2) is 8.88. The van der Waals surface area contributed by atoms with E-state index in [1.165, 1.54) is 25.7 Å². The van der Waals surface area contributed by atoms with Crippen LogP contribution in [0.4, 0.5) is 0 Å². The van der Waals surface area contributed by atoms with Crippen LogP contribution in [-0.4, -0.2) is 39.8 Å². The Bertz CT molecular complexity index is 1170. The molecule has 0 amide bonds. The van der Waals surface area contributed by atoms with Crippen molar-refractivity contribution in [1.82, 2.24) is 14.8 Å². The number of ether oxygens (including phenoxy) is 1. The molecule has 196 valence electrons. The molecule has 0 aromatic carbocycles. The average Bonchev–Trinajstić information content (AvgIpc) is 3.40. The van der Waals surface area contributed by atoms with E-state index < -0.39 is 0 Å². The van der Waals surface area contributed by atoms with Crippen LogP contribution in [0.3, 0.4) is 0 Å². The number of fused-ring (bicyclic) bond motifs is 6. The zero-order chi connectivity index (χ0) is 25.3. The molecular weight excluding hydrogens is 516 g/mol. The fourth-order valence-electron chi connectivity index (χ4n) is 9.85. The molecule has 0 radical (unpaired) electrons. The summed E-state index contributed by atoms with van der Waals surface area (Å²) < 4.78 is 8.67. The van der Waals surface area contributed by atoms with Gasteiger partial charge in [0.1, 0.15) is 12.1 Å². The SMILES string of the molecule is COC[C@]12CC[C@H](C)CC1CC[C@]1(N)C2CC[C@@]2(C)C1CC[C@@H]2C(=O)Cn1ncc2ncc(Br)cc21. The highest BCUT2D eigenvalue weighted by Gasteiger charge is 2.67. The van der Waals surface area contributed by atoms with Gasteiger partial charge in [0.2, 0.25) is 0 Å². The van der Waals surface area contributed by atoms with E-state index in [1.807, 2.05) is 17.9 Å². The Morgan fingerprint density at radius 2 is 2.00 bits per heavy atom. The van der Waals surface area contributed by atoms with Gasteiger partial charge >= 0.3 is 0 Å². The number of rotatable bonds is 5. The molecule has 4 saturated carbocycles. The van der Waals surface area contributed by atoms with Gasteiger partial charge < -0.3 is 10.5 Å². The molecule has 0 aliphatic heterocycles.